The molecule has 20 heavy (non-hydrogen) atoms. The molecule has 0 aliphatic carbocycles. The number of benzene rings is 1. The number of hydrogen-bond acceptors (Lipinski definition) is 2. The quantitative estimate of drug-likeness (QED) is 0.772. The van der Waals surface area contributed by atoms with Crippen molar-refractivity contribution in [2.24, 2.45) is 0 Å². The van der Waals surface area contributed by atoms with Gasteiger partial charge in [-0.15, -0.1) is 0 Å². The van der Waals surface area contributed by atoms with E-state index in [1.807, 2.05) is 40.1 Å². The summed E-state index contributed by atoms with van der Waals surface area (Å²) in [4.78, 5) is 2.08. The van der Waals surface area contributed by atoms with Crippen LogP contribution in [0.4, 0.5) is 5.69 Å². The van der Waals surface area contributed by atoms with Crippen molar-refractivity contribution in [2.45, 2.75) is 13.8 Å². The topological polar surface area (TPSA) is 15.3 Å². The summed E-state index contributed by atoms with van der Waals surface area (Å²) < 4.78 is 0. The molecule has 0 radical (unpaired) electrons. The highest BCUT2D eigenvalue weighted by atomic mass is 15.1. The summed E-state index contributed by atoms with van der Waals surface area (Å²) in [5.74, 6) is 0. The SMILES string of the molecule is C=C/C(=C\C)N/C(C)=C/C(=C)c1ccc(N(C)C)cc1. The Balaban J connectivity index is 2.82. The van der Waals surface area contributed by atoms with Gasteiger partial charge in [-0.05, 0) is 49.3 Å². The highest BCUT2D eigenvalue weighted by Crippen LogP contribution is 2.19. The summed E-state index contributed by atoms with van der Waals surface area (Å²) in [5.41, 5.74) is 5.33. The third-order valence-electron chi connectivity index (χ3n) is 3.02. The first-order valence-corrected chi connectivity index (χ1v) is 6.68. The Kier molecular flexibility index (Phi) is 5.85. The Labute approximate surface area is 122 Å². The van der Waals surface area contributed by atoms with Crippen LogP contribution in [0, 0.1) is 0 Å². The van der Waals surface area contributed by atoms with Crippen LogP contribution in [0.25, 0.3) is 5.57 Å². The van der Waals surface area contributed by atoms with Gasteiger partial charge < -0.3 is 10.2 Å². The molecule has 1 N–H and O–H groups in total. The maximum atomic E-state index is 4.12. The van der Waals surface area contributed by atoms with Gasteiger partial charge in [0.15, 0.2) is 0 Å². The van der Waals surface area contributed by atoms with E-state index in [9.17, 15) is 0 Å². The third kappa shape index (κ3) is 4.47. The molecule has 0 fully saturated rings. The zero-order chi connectivity index (χ0) is 15.1. The first-order valence-electron chi connectivity index (χ1n) is 6.68. The maximum absolute atomic E-state index is 4.12. The van der Waals surface area contributed by atoms with Gasteiger partial charge in [-0.25, -0.2) is 0 Å². The van der Waals surface area contributed by atoms with Crippen molar-refractivity contribution in [1.82, 2.24) is 5.32 Å². The average molecular weight is 268 g/mol. The van der Waals surface area contributed by atoms with Crippen LogP contribution in [-0.2, 0) is 0 Å². The lowest BCUT2D eigenvalue weighted by Crippen LogP contribution is -2.09. The van der Waals surface area contributed by atoms with Crippen molar-refractivity contribution in [3.05, 3.63) is 72.6 Å². The fourth-order valence-electron chi connectivity index (χ4n) is 1.82. The van der Waals surface area contributed by atoms with E-state index in [4.69, 9.17) is 0 Å². The van der Waals surface area contributed by atoms with Gasteiger partial charge in [0.25, 0.3) is 0 Å². The van der Waals surface area contributed by atoms with Gasteiger partial charge >= 0.3 is 0 Å². The monoisotopic (exact) mass is 268 g/mol. The van der Waals surface area contributed by atoms with Crippen molar-refractivity contribution in [3.63, 3.8) is 0 Å². The predicted octanol–water partition coefficient (Wildman–Crippen LogP) is 4.35. The molecule has 0 aliphatic heterocycles. The number of allylic oxidation sites excluding steroid dienone is 5. The van der Waals surface area contributed by atoms with E-state index in [-0.39, 0.29) is 0 Å². The summed E-state index contributed by atoms with van der Waals surface area (Å²) in [6, 6.07) is 8.37. The molecule has 0 spiro atoms. The third-order valence-corrected chi connectivity index (χ3v) is 3.02. The Bertz CT molecular complexity index is 531. The molecule has 0 saturated carbocycles. The lowest BCUT2D eigenvalue weighted by Gasteiger charge is -2.13. The average Bonchev–Trinajstić information content (AvgIpc) is 2.44. The molecular weight excluding hydrogens is 244 g/mol. The Morgan fingerprint density at radius 2 is 1.80 bits per heavy atom. The standard InChI is InChI=1S/C18H24N2/c1-7-17(8-2)19-15(4)13-14(3)16-9-11-18(12-10-16)20(5)6/h7-13,19H,1,3H2,2,4-6H3/b15-13+,17-8+. The van der Waals surface area contributed by atoms with Crippen molar-refractivity contribution >= 4 is 11.3 Å². The molecular formula is C18H24N2. The summed E-state index contributed by atoms with van der Waals surface area (Å²) >= 11 is 0. The molecule has 2 nitrogen and oxygen atoms in total. The lowest BCUT2D eigenvalue weighted by molar-refractivity contribution is 1.00. The highest BCUT2D eigenvalue weighted by molar-refractivity contribution is 5.73. The molecule has 106 valence electrons. The van der Waals surface area contributed by atoms with Crippen molar-refractivity contribution in [1.29, 1.82) is 0 Å². The zero-order valence-corrected chi connectivity index (χ0v) is 12.9. The summed E-state index contributed by atoms with van der Waals surface area (Å²) in [5, 5.41) is 3.28. The summed E-state index contributed by atoms with van der Waals surface area (Å²) in [6.07, 6.45) is 5.82. The van der Waals surface area contributed by atoms with Crippen molar-refractivity contribution in [2.75, 3.05) is 19.0 Å². The molecule has 2 heteroatoms. The molecule has 1 aromatic carbocycles. The highest BCUT2D eigenvalue weighted by Gasteiger charge is 1.99. The van der Waals surface area contributed by atoms with E-state index < -0.39 is 0 Å². The van der Waals surface area contributed by atoms with Gasteiger partial charge in [0.2, 0.25) is 0 Å². The van der Waals surface area contributed by atoms with Crippen LogP contribution in [0.3, 0.4) is 0 Å². The zero-order valence-electron chi connectivity index (χ0n) is 12.9. The van der Waals surface area contributed by atoms with Gasteiger partial charge in [-0.3, -0.25) is 0 Å². The van der Waals surface area contributed by atoms with Gasteiger partial charge in [0.05, 0.1) is 0 Å². The Hall–Kier alpha value is -2.22. The van der Waals surface area contributed by atoms with E-state index >= 15 is 0 Å². The molecule has 0 atom stereocenters. The van der Waals surface area contributed by atoms with Crippen LogP contribution >= 0.6 is 0 Å². The Morgan fingerprint density at radius 1 is 1.20 bits per heavy atom. The minimum Gasteiger partial charge on any atom is -0.378 e. The molecule has 1 aromatic rings. The summed E-state index contributed by atoms with van der Waals surface area (Å²) in [7, 11) is 4.07. The summed E-state index contributed by atoms with van der Waals surface area (Å²) in [6.45, 7) is 11.9. The first kappa shape index (κ1) is 15.8. The molecule has 0 saturated heterocycles. The fraction of sp³-hybridized carbons (Fsp3) is 0.222. The number of nitrogens with one attached hydrogen (secondary N) is 1. The second kappa shape index (κ2) is 7.39. The second-order valence-electron chi connectivity index (χ2n) is 4.87. The predicted molar refractivity (Wildman–Crippen MR) is 90.6 cm³/mol. The minimum absolute atomic E-state index is 0.986. The molecule has 0 heterocycles. The van der Waals surface area contributed by atoms with E-state index in [2.05, 4.69) is 47.6 Å². The molecule has 1 rings (SSSR count). The normalized spacial score (nSPS) is 12.0. The van der Waals surface area contributed by atoms with Crippen molar-refractivity contribution < 1.29 is 0 Å². The molecule has 0 aliphatic rings. The van der Waals surface area contributed by atoms with Crippen LogP contribution < -0.4 is 10.2 Å². The Morgan fingerprint density at radius 3 is 2.25 bits per heavy atom. The van der Waals surface area contributed by atoms with Crippen LogP contribution in [0.2, 0.25) is 0 Å². The second-order valence-corrected chi connectivity index (χ2v) is 4.87. The number of hydrogen-bond donors (Lipinski definition) is 1. The maximum Gasteiger partial charge on any atom is 0.0361 e. The van der Waals surface area contributed by atoms with Crippen LogP contribution in [0.15, 0.2) is 67.0 Å². The first-order chi connectivity index (χ1) is 9.47. The molecule has 0 aromatic heterocycles. The molecule has 0 unspecified atom stereocenters. The van der Waals surface area contributed by atoms with Crippen molar-refractivity contribution in [3.8, 4) is 0 Å². The lowest BCUT2D eigenvalue weighted by atomic mass is 10.1. The van der Waals surface area contributed by atoms with Gasteiger partial charge in [-0.1, -0.05) is 31.4 Å². The minimum atomic E-state index is 0.986. The van der Waals surface area contributed by atoms with E-state index in [1.165, 1.54) is 5.69 Å². The number of anilines is 1. The van der Waals surface area contributed by atoms with E-state index in [0.717, 1.165) is 22.5 Å². The van der Waals surface area contributed by atoms with Crippen LogP contribution in [0.1, 0.15) is 19.4 Å². The number of rotatable bonds is 6. The van der Waals surface area contributed by atoms with Gasteiger partial charge in [0, 0.05) is 31.2 Å². The largest absolute Gasteiger partial charge is 0.378 e. The number of nitrogens with zero attached hydrogens (tertiary/aromatic N) is 1. The van der Waals surface area contributed by atoms with E-state index in [0.29, 0.717) is 0 Å². The van der Waals surface area contributed by atoms with E-state index in [1.54, 1.807) is 6.08 Å². The molecule has 0 amide bonds. The van der Waals surface area contributed by atoms with Gasteiger partial charge in [-0.2, -0.15) is 0 Å². The van der Waals surface area contributed by atoms with Gasteiger partial charge in [0.1, 0.15) is 0 Å². The molecule has 0 bridgehead atoms. The van der Waals surface area contributed by atoms with Crippen LogP contribution in [-0.4, -0.2) is 14.1 Å². The fourth-order valence-corrected chi connectivity index (χ4v) is 1.82. The van der Waals surface area contributed by atoms with Crippen LogP contribution in [0.5, 0.6) is 0 Å². The smallest absolute Gasteiger partial charge is 0.0361 e.